The van der Waals surface area contributed by atoms with Crippen molar-refractivity contribution < 1.29 is 13.2 Å². The van der Waals surface area contributed by atoms with E-state index in [0.29, 0.717) is 12.1 Å². The summed E-state index contributed by atoms with van der Waals surface area (Å²) >= 11 is 5.97. The van der Waals surface area contributed by atoms with E-state index in [4.69, 9.17) is 22.3 Å². The molecule has 0 aliphatic rings. The summed E-state index contributed by atoms with van der Waals surface area (Å²) in [6.45, 7) is 8.04. The third-order valence-electron chi connectivity index (χ3n) is 3.08. The third kappa shape index (κ3) is 4.34. The molecule has 0 spiro atoms. The van der Waals surface area contributed by atoms with E-state index in [1.165, 1.54) is 6.07 Å². The summed E-state index contributed by atoms with van der Waals surface area (Å²) in [6, 6.07) is 2.84. The molecule has 0 unspecified atom stereocenters. The molecule has 0 fully saturated rings. The van der Waals surface area contributed by atoms with Crippen LogP contribution >= 0.6 is 22.3 Å². The van der Waals surface area contributed by atoms with E-state index in [1.54, 1.807) is 17.9 Å². The average Bonchev–Trinajstić information content (AvgIpc) is 2.36. The predicted molar refractivity (Wildman–Crippen MR) is 85.7 cm³/mol. The molecular weight excluding hydrogens is 333 g/mol. The van der Waals surface area contributed by atoms with Gasteiger partial charge in [0.2, 0.25) is 0 Å². The lowest BCUT2D eigenvalue weighted by molar-refractivity contribution is 0.0705. The fourth-order valence-corrected chi connectivity index (χ4v) is 3.58. The molecule has 7 heteroatoms. The quantitative estimate of drug-likeness (QED) is 0.757. The van der Waals surface area contributed by atoms with Gasteiger partial charge in [-0.3, -0.25) is 4.79 Å². The first kappa shape index (κ1) is 18.3. The van der Waals surface area contributed by atoms with Gasteiger partial charge in [0.05, 0.1) is 5.02 Å². The summed E-state index contributed by atoms with van der Waals surface area (Å²) < 4.78 is 23.1. The second kappa shape index (κ2) is 6.99. The first-order valence-electron chi connectivity index (χ1n) is 6.65. The highest BCUT2D eigenvalue weighted by Crippen LogP contribution is 2.30. The molecule has 0 bridgehead atoms. The molecule has 0 atom stereocenters. The van der Waals surface area contributed by atoms with Gasteiger partial charge in [-0.1, -0.05) is 18.5 Å². The summed E-state index contributed by atoms with van der Waals surface area (Å²) in [5.74, 6) is -0.229. The van der Waals surface area contributed by atoms with Crippen LogP contribution in [-0.4, -0.2) is 31.8 Å². The van der Waals surface area contributed by atoms with Crippen LogP contribution in [0.1, 0.15) is 43.1 Å². The second-order valence-electron chi connectivity index (χ2n) is 5.14. The van der Waals surface area contributed by atoms with Gasteiger partial charge in [0.15, 0.2) is 0 Å². The number of aryl methyl sites for hydroxylation is 1. The van der Waals surface area contributed by atoms with Crippen molar-refractivity contribution >= 4 is 37.2 Å². The highest BCUT2D eigenvalue weighted by atomic mass is 35.7. The van der Waals surface area contributed by atoms with E-state index in [9.17, 15) is 13.2 Å². The van der Waals surface area contributed by atoms with Crippen molar-refractivity contribution in [1.82, 2.24) is 4.90 Å². The van der Waals surface area contributed by atoms with E-state index in [2.05, 4.69) is 0 Å². The lowest BCUT2D eigenvalue weighted by atomic mass is 10.1. The number of benzene rings is 1. The lowest BCUT2D eigenvalue weighted by Gasteiger charge is -2.26. The van der Waals surface area contributed by atoms with Gasteiger partial charge in [0.1, 0.15) is 4.90 Å². The molecule has 1 rings (SSSR count). The van der Waals surface area contributed by atoms with Gasteiger partial charge in [-0.25, -0.2) is 8.42 Å². The smallest absolute Gasteiger partial charge is 0.262 e. The molecule has 4 nitrogen and oxygen atoms in total. The van der Waals surface area contributed by atoms with Crippen LogP contribution in [0.15, 0.2) is 17.0 Å². The Morgan fingerprint density at radius 1 is 1.33 bits per heavy atom. The van der Waals surface area contributed by atoms with Gasteiger partial charge in [0.25, 0.3) is 15.0 Å². The summed E-state index contributed by atoms with van der Waals surface area (Å²) in [5.41, 5.74) is 0.778. The number of carbonyl (C=O) groups excluding carboxylic acids is 1. The Balaban J connectivity index is 3.38. The van der Waals surface area contributed by atoms with Crippen molar-refractivity contribution in [2.45, 2.75) is 45.1 Å². The standard InChI is InChI=1S/C14H19Cl2NO3S/c1-5-6-17(9(2)3)14(18)11-7-10(4)13(15)12(8-11)21(16,19)20/h7-9H,5-6H2,1-4H3. The normalized spacial score (nSPS) is 11.8. The molecule has 0 saturated heterocycles. The minimum Gasteiger partial charge on any atom is -0.336 e. The summed E-state index contributed by atoms with van der Waals surface area (Å²) in [7, 11) is 1.38. The minimum atomic E-state index is -4.00. The van der Waals surface area contributed by atoms with E-state index in [-0.39, 0.29) is 27.4 Å². The number of hydrogen-bond acceptors (Lipinski definition) is 3. The second-order valence-corrected chi connectivity index (χ2v) is 8.05. The largest absolute Gasteiger partial charge is 0.336 e. The number of carbonyl (C=O) groups is 1. The van der Waals surface area contributed by atoms with Crippen LogP contribution in [0.5, 0.6) is 0 Å². The van der Waals surface area contributed by atoms with Crippen molar-refractivity contribution in [2.75, 3.05) is 6.54 Å². The molecule has 21 heavy (non-hydrogen) atoms. The van der Waals surface area contributed by atoms with Gasteiger partial charge < -0.3 is 4.90 Å². The maximum absolute atomic E-state index is 12.6. The molecule has 0 aromatic heterocycles. The highest BCUT2D eigenvalue weighted by Gasteiger charge is 2.23. The Morgan fingerprint density at radius 3 is 2.33 bits per heavy atom. The first-order chi connectivity index (χ1) is 9.59. The fourth-order valence-electron chi connectivity index (χ4n) is 2.04. The van der Waals surface area contributed by atoms with Crippen LogP contribution in [-0.2, 0) is 9.05 Å². The monoisotopic (exact) mass is 351 g/mol. The predicted octanol–water partition coefficient (Wildman–Crippen LogP) is 3.84. The number of nitrogens with zero attached hydrogens (tertiary/aromatic N) is 1. The van der Waals surface area contributed by atoms with Crippen LogP contribution in [0, 0.1) is 6.92 Å². The van der Waals surface area contributed by atoms with Gasteiger partial charge in [-0.15, -0.1) is 0 Å². The maximum Gasteiger partial charge on any atom is 0.262 e. The molecule has 0 aliphatic carbocycles. The summed E-state index contributed by atoms with van der Waals surface area (Å²) in [5, 5.41) is 0.0492. The molecule has 0 aliphatic heterocycles. The SMILES string of the molecule is CCCN(C(=O)c1cc(C)c(Cl)c(S(=O)(=O)Cl)c1)C(C)C. The lowest BCUT2D eigenvalue weighted by Crippen LogP contribution is -2.37. The van der Waals surface area contributed by atoms with Crippen molar-refractivity contribution in [1.29, 1.82) is 0 Å². The Kier molecular flexibility index (Phi) is 6.08. The molecule has 1 aromatic carbocycles. The molecule has 0 saturated carbocycles. The molecular formula is C14H19Cl2NO3S. The number of hydrogen-bond donors (Lipinski definition) is 0. The fraction of sp³-hybridized carbons (Fsp3) is 0.500. The van der Waals surface area contributed by atoms with Crippen molar-refractivity contribution in [3.8, 4) is 0 Å². The summed E-state index contributed by atoms with van der Waals surface area (Å²) in [4.78, 5) is 14.0. The Hall–Kier alpha value is -0.780. The molecule has 1 amide bonds. The van der Waals surface area contributed by atoms with E-state index < -0.39 is 9.05 Å². The van der Waals surface area contributed by atoms with E-state index >= 15 is 0 Å². The Bertz CT molecular complexity index is 642. The zero-order chi connectivity index (χ0) is 16.4. The van der Waals surface area contributed by atoms with Crippen LogP contribution in [0.4, 0.5) is 0 Å². The molecule has 0 heterocycles. The van der Waals surface area contributed by atoms with E-state index in [0.717, 1.165) is 6.42 Å². The third-order valence-corrected chi connectivity index (χ3v) is 5.04. The Labute approximate surface area is 135 Å². The molecule has 0 N–H and O–H groups in total. The molecule has 1 aromatic rings. The van der Waals surface area contributed by atoms with Crippen molar-refractivity contribution in [3.05, 3.63) is 28.3 Å². The van der Waals surface area contributed by atoms with Crippen molar-refractivity contribution in [2.24, 2.45) is 0 Å². The average molecular weight is 352 g/mol. The van der Waals surface area contributed by atoms with Crippen LogP contribution in [0.2, 0.25) is 5.02 Å². The topological polar surface area (TPSA) is 54.5 Å². The van der Waals surface area contributed by atoms with Gasteiger partial charge >= 0.3 is 0 Å². The molecule has 0 radical (unpaired) electrons. The number of amides is 1. The van der Waals surface area contributed by atoms with Gasteiger partial charge in [0, 0.05) is 28.8 Å². The first-order valence-corrected chi connectivity index (χ1v) is 9.34. The molecule has 118 valence electrons. The zero-order valence-corrected chi connectivity index (χ0v) is 14.8. The van der Waals surface area contributed by atoms with Crippen LogP contribution in [0.25, 0.3) is 0 Å². The van der Waals surface area contributed by atoms with Crippen molar-refractivity contribution in [3.63, 3.8) is 0 Å². The van der Waals surface area contributed by atoms with Gasteiger partial charge in [-0.2, -0.15) is 0 Å². The van der Waals surface area contributed by atoms with Gasteiger partial charge in [-0.05, 0) is 44.9 Å². The van der Waals surface area contributed by atoms with E-state index in [1.807, 2.05) is 20.8 Å². The highest BCUT2D eigenvalue weighted by molar-refractivity contribution is 8.13. The Morgan fingerprint density at radius 2 is 1.90 bits per heavy atom. The van der Waals surface area contributed by atoms with Crippen LogP contribution in [0.3, 0.4) is 0 Å². The maximum atomic E-state index is 12.6. The minimum absolute atomic E-state index is 0.0180. The number of halogens is 2. The zero-order valence-electron chi connectivity index (χ0n) is 12.5. The van der Waals surface area contributed by atoms with Crippen LogP contribution < -0.4 is 0 Å². The summed E-state index contributed by atoms with van der Waals surface area (Å²) in [6.07, 6.45) is 0.817. The number of rotatable bonds is 5.